The maximum Gasteiger partial charge on any atom is 0.472 e. The van der Waals surface area contributed by atoms with E-state index in [9.17, 15) is 22.8 Å². The molecule has 0 spiro atoms. The summed E-state index contributed by atoms with van der Waals surface area (Å²) in [6.45, 7) is 1.80. The molecule has 1 N–H and O–H groups in total. The third kappa shape index (κ3) is 5.36. The number of nitrogens with zero attached hydrogens (tertiary/aromatic N) is 2. The first-order valence-electron chi connectivity index (χ1n) is 13.1. The average Bonchev–Trinajstić information content (AvgIpc) is 3.46. The molecule has 3 aromatic rings. The summed E-state index contributed by atoms with van der Waals surface area (Å²) < 4.78 is 52.0. The molecule has 0 aromatic heterocycles. The summed E-state index contributed by atoms with van der Waals surface area (Å²) >= 11 is 0. The molecular formula is C30H30F3N3O4. The molecule has 0 bridgehead atoms. The van der Waals surface area contributed by atoms with Gasteiger partial charge in [0.2, 0.25) is 0 Å². The van der Waals surface area contributed by atoms with Gasteiger partial charge in [0.15, 0.2) is 11.5 Å². The minimum Gasteiger partial charge on any atom is -0.493 e. The third-order valence-electron chi connectivity index (χ3n) is 7.44. The van der Waals surface area contributed by atoms with Crippen LogP contribution in [0.15, 0.2) is 60.7 Å². The Morgan fingerprint density at radius 2 is 1.73 bits per heavy atom. The fraction of sp³-hybridized carbons (Fsp3) is 0.333. The largest absolute Gasteiger partial charge is 0.493 e. The Morgan fingerprint density at radius 3 is 2.48 bits per heavy atom. The highest BCUT2D eigenvalue weighted by molar-refractivity contribution is 6.04. The molecule has 2 aliphatic heterocycles. The number of carbonyl (C=O) groups excluding carboxylic acids is 2. The molecular weight excluding hydrogens is 523 g/mol. The molecule has 0 saturated carbocycles. The van der Waals surface area contributed by atoms with Gasteiger partial charge in [-0.3, -0.25) is 14.5 Å². The van der Waals surface area contributed by atoms with Crippen LogP contribution in [0.5, 0.6) is 11.5 Å². The number of amides is 2. The number of rotatable bonds is 6. The van der Waals surface area contributed by atoms with E-state index in [0.717, 1.165) is 30.5 Å². The quantitative estimate of drug-likeness (QED) is 0.433. The zero-order valence-electron chi connectivity index (χ0n) is 22.3. The summed E-state index contributed by atoms with van der Waals surface area (Å²) in [5.41, 5.74) is 3.22. The lowest BCUT2D eigenvalue weighted by Gasteiger charge is -2.29. The number of hydrogen-bond acceptors (Lipinski definition) is 5. The van der Waals surface area contributed by atoms with Crippen LogP contribution in [-0.4, -0.2) is 50.2 Å². The number of hydrogen-bond donors (Lipinski definition) is 1. The monoisotopic (exact) mass is 553 g/mol. The Morgan fingerprint density at radius 1 is 0.950 bits per heavy atom. The Kier molecular flexibility index (Phi) is 7.71. The van der Waals surface area contributed by atoms with Crippen molar-refractivity contribution in [2.45, 2.75) is 38.0 Å². The van der Waals surface area contributed by atoms with Crippen LogP contribution < -0.4 is 19.7 Å². The van der Waals surface area contributed by atoms with Crippen LogP contribution in [0.4, 0.5) is 24.5 Å². The van der Waals surface area contributed by atoms with Gasteiger partial charge >= 0.3 is 12.1 Å². The van der Waals surface area contributed by atoms with Crippen molar-refractivity contribution >= 4 is 23.2 Å². The number of halogens is 3. The molecule has 1 unspecified atom stereocenters. The van der Waals surface area contributed by atoms with E-state index in [-0.39, 0.29) is 23.3 Å². The fourth-order valence-electron chi connectivity index (χ4n) is 5.48. The molecule has 3 aromatic carbocycles. The molecule has 10 heteroatoms. The van der Waals surface area contributed by atoms with E-state index in [0.29, 0.717) is 47.0 Å². The molecule has 210 valence electrons. The number of anilines is 2. The van der Waals surface area contributed by atoms with Crippen molar-refractivity contribution in [1.29, 1.82) is 0 Å². The number of fused-ring (bicyclic) bond motifs is 1. The van der Waals surface area contributed by atoms with Gasteiger partial charge in [0.1, 0.15) is 0 Å². The first-order chi connectivity index (χ1) is 19.2. The van der Waals surface area contributed by atoms with Crippen LogP contribution >= 0.6 is 0 Å². The van der Waals surface area contributed by atoms with Gasteiger partial charge in [0.05, 0.1) is 20.3 Å². The van der Waals surface area contributed by atoms with Crippen LogP contribution in [0.25, 0.3) is 0 Å². The third-order valence-corrected chi connectivity index (χ3v) is 7.44. The molecule has 1 fully saturated rings. The van der Waals surface area contributed by atoms with Crippen LogP contribution in [-0.2, 0) is 17.8 Å². The zero-order valence-corrected chi connectivity index (χ0v) is 22.3. The van der Waals surface area contributed by atoms with E-state index < -0.39 is 12.1 Å². The van der Waals surface area contributed by atoms with Crippen LogP contribution in [0.2, 0.25) is 0 Å². The molecule has 0 radical (unpaired) electrons. The topological polar surface area (TPSA) is 71.1 Å². The molecule has 2 amide bonds. The summed E-state index contributed by atoms with van der Waals surface area (Å²) in [5.74, 6) is -1.28. The maximum atomic E-state index is 13.8. The van der Waals surface area contributed by atoms with Crippen LogP contribution in [0.1, 0.15) is 45.9 Å². The summed E-state index contributed by atoms with van der Waals surface area (Å²) in [6, 6.07) is 16.0. The molecule has 2 heterocycles. The standard InChI is InChI=1S/C30H30F3N3O4/c1-39-26-11-9-21(17-27(26)40-2)28(37)35-14-4-7-25(35)20-5-3-6-23(15-20)36(29(38)30(31,32)33)24-10-8-19-12-13-34-18-22(19)16-24/h3,5-6,8-11,15-17,25,34H,4,7,12-14,18H2,1-2H3. The van der Waals surface area contributed by atoms with Crippen LogP contribution in [0.3, 0.4) is 0 Å². The smallest absolute Gasteiger partial charge is 0.472 e. The second-order valence-corrected chi connectivity index (χ2v) is 9.84. The van der Waals surface area contributed by atoms with Gasteiger partial charge in [-0.05, 0) is 85.0 Å². The highest BCUT2D eigenvalue weighted by atomic mass is 19.4. The molecule has 40 heavy (non-hydrogen) atoms. The maximum absolute atomic E-state index is 13.8. The van der Waals surface area contributed by atoms with Crippen molar-refractivity contribution in [1.82, 2.24) is 10.2 Å². The highest BCUT2D eigenvalue weighted by Gasteiger charge is 2.44. The van der Waals surface area contributed by atoms with Gasteiger partial charge in [0, 0.05) is 30.0 Å². The first-order valence-corrected chi connectivity index (χ1v) is 13.1. The second kappa shape index (κ2) is 11.2. The SMILES string of the molecule is COc1ccc(C(=O)N2CCCC2c2cccc(N(C(=O)C(F)(F)F)c3ccc4c(c3)CNCC4)c2)cc1OC. The van der Waals surface area contributed by atoms with Crippen molar-refractivity contribution in [2.24, 2.45) is 0 Å². The van der Waals surface area contributed by atoms with E-state index in [1.54, 1.807) is 59.5 Å². The number of methoxy groups -OCH3 is 2. The van der Waals surface area contributed by atoms with E-state index in [4.69, 9.17) is 9.47 Å². The normalized spacial score (nSPS) is 16.8. The average molecular weight is 554 g/mol. The lowest BCUT2D eigenvalue weighted by atomic mass is 9.99. The van der Waals surface area contributed by atoms with Gasteiger partial charge in [-0.2, -0.15) is 13.2 Å². The van der Waals surface area contributed by atoms with Gasteiger partial charge < -0.3 is 19.7 Å². The summed E-state index contributed by atoms with van der Waals surface area (Å²) in [4.78, 5) is 28.7. The van der Waals surface area contributed by atoms with E-state index in [1.165, 1.54) is 20.3 Å². The Hall–Kier alpha value is -4.05. The van der Waals surface area contributed by atoms with Crippen molar-refractivity contribution in [2.75, 3.05) is 32.2 Å². The molecule has 0 aliphatic carbocycles. The Labute approximate surface area is 230 Å². The van der Waals surface area contributed by atoms with Crippen molar-refractivity contribution in [3.05, 3.63) is 82.9 Å². The van der Waals surface area contributed by atoms with E-state index in [2.05, 4.69) is 5.32 Å². The van der Waals surface area contributed by atoms with Gasteiger partial charge in [-0.1, -0.05) is 18.2 Å². The van der Waals surface area contributed by atoms with Gasteiger partial charge in [0.25, 0.3) is 5.91 Å². The number of carbonyl (C=O) groups is 2. The summed E-state index contributed by atoms with van der Waals surface area (Å²) in [6.07, 6.45) is -2.94. The highest BCUT2D eigenvalue weighted by Crippen LogP contribution is 2.39. The molecule has 5 rings (SSSR count). The molecule has 1 saturated heterocycles. The predicted molar refractivity (Wildman–Crippen MR) is 144 cm³/mol. The number of alkyl halides is 3. The van der Waals surface area contributed by atoms with Gasteiger partial charge in [-0.15, -0.1) is 0 Å². The van der Waals surface area contributed by atoms with E-state index >= 15 is 0 Å². The lowest BCUT2D eigenvalue weighted by molar-refractivity contribution is -0.169. The minimum atomic E-state index is -5.08. The minimum absolute atomic E-state index is 0.0916. The van der Waals surface area contributed by atoms with Gasteiger partial charge in [-0.25, -0.2) is 0 Å². The van der Waals surface area contributed by atoms with Crippen molar-refractivity contribution < 1.29 is 32.2 Å². The number of benzene rings is 3. The predicted octanol–water partition coefficient (Wildman–Crippen LogP) is 5.55. The number of likely N-dealkylation sites (tertiary alicyclic amines) is 1. The molecule has 1 atom stereocenters. The van der Waals surface area contributed by atoms with Crippen molar-refractivity contribution in [3.63, 3.8) is 0 Å². The first kappa shape index (κ1) is 27.5. The van der Waals surface area contributed by atoms with Crippen LogP contribution in [0, 0.1) is 0 Å². The molecule has 2 aliphatic rings. The Balaban J connectivity index is 1.49. The number of ether oxygens (including phenoxy) is 2. The fourth-order valence-corrected chi connectivity index (χ4v) is 5.48. The number of nitrogens with one attached hydrogen (secondary N) is 1. The molecule has 7 nitrogen and oxygen atoms in total. The van der Waals surface area contributed by atoms with E-state index in [1.807, 2.05) is 0 Å². The zero-order chi connectivity index (χ0) is 28.4. The Bertz CT molecular complexity index is 1430. The summed E-state index contributed by atoms with van der Waals surface area (Å²) in [5, 5.41) is 3.22. The lowest BCUT2D eigenvalue weighted by Crippen LogP contribution is -2.38. The summed E-state index contributed by atoms with van der Waals surface area (Å²) in [7, 11) is 3.00. The second-order valence-electron chi connectivity index (χ2n) is 9.84. The van der Waals surface area contributed by atoms with Crippen molar-refractivity contribution in [3.8, 4) is 11.5 Å².